The molecule has 5 nitrogen and oxygen atoms in total. The first-order valence-electron chi connectivity index (χ1n) is 8.34. The predicted molar refractivity (Wildman–Crippen MR) is 105 cm³/mol. The van der Waals surface area contributed by atoms with Gasteiger partial charge in [0.25, 0.3) is 0 Å². The minimum atomic E-state index is 0.536. The Morgan fingerprint density at radius 2 is 2.00 bits per heavy atom. The van der Waals surface area contributed by atoms with Gasteiger partial charge >= 0.3 is 0 Å². The molecule has 0 atom stereocenters. The molecule has 4 aromatic rings. The lowest BCUT2D eigenvalue weighted by atomic mass is 10.2. The summed E-state index contributed by atoms with van der Waals surface area (Å²) in [6, 6.07) is 19.1. The van der Waals surface area contributed by atoms with Gasteiger partial charge in [0.15, 0.2) is 5.82 Å². The van der Waals surface area contributed by atoms with Crippen LogP contribution in [0.4, 0.5) is 0 Å². The van der Waals surface area contributed by atoms with Gasteiger partial charge in [-0.2, -0.15) is 5.26 Å². The maximum absolute atomic E-state index is 9.21. The molecule has 6 heteroatoms. The number of hydrogen-bond donors (Lipinski definition) is 0. The van der Waals surface area contributed by atoms with E-state index >= 15 is 0 Å². The Labute approximate surface area is 161 Å². The first-order chi connectivity index (χ1) is 13.2. The number of hydrogen-bond acceptors (Lipinski definition) is 4. The highest BCUT2D eigenvalue weighted by Crippen LogP contribution is 2.29. The average molecular weight is 375 g/mol. The molecule has 0 unspecified atom stereocenters. The fraction of sp³-hybridized carbons (Fsp3) is 0.0952. The molecular formula is C21H15ClN4O. The summed E-state index contributed by atoms with van der Waals surface area (Å²) in [4.78, 5) is 9.18. The van der Waals surface area contributed by atoms with Crippen LogP contribution >= 0.6 is 11.6 Å². The number of imidazole rings is 1. The monoisotopic (exact) mass is 374 g/mol. The van der Waals surface area contributed by atoms with Gasteiger partial charge in [0.2, 0.25) is 0 Å². The molecule has 2 aromatic carbocycles. The summed E-state index contributed by atoms with van der Waals surface area (Å²) < 4.78 is 7.57. The Morgan fingerprint density at radius 3 is 2.81 bits per heavy atom. The van der Waals surface area contributed by atoms with Crippen LogP contribution in [0.5, 0.6) is 5.75 Å². The quantitative estimate of drug-likeness (QED) is 0.520. The van der Waals surface area contributed by atoms with E-state index < -0.39 is 0 Å². The van der Waals surface area contributed by atoms with E-state index in [9.17, 15) is 5.26 Å². The number of aromatic nitrogens is 3. The topological polar surface area (TPSA) is 63.7 Å². The lowest BCUT2D eigenvalue weighted by molar-refractivity contribution is 0.408. The number of nitrogens with zero attached hydrogens (tertiary/aromatic N) is 4. The average Bonchev–Trinajstić information content (AvgIpc) is 3.08. The fourth-order valence-electron chi connectivity index (χ4n) is 3.07. The van der Waals surface area contributed by atoms with Crippen LogP contribution in [0.15, 0.2) is 60.8 Å². The van der Waals surface area contributed by atoms with Crippen molar-refractivity contribution in [1.82, 2.24) is 14.5 Å². The molecule has 0 saturated heterocycles. The third-order valence-corrected chi connectivity index (χ3v) is 4.59. The van der Waals surface area contributed by atoms with E-state index in [1.807, 2.05) is 36.4 Å². The molecule has 0 bridgehead atoms. The second kappa shape index (κ2) is 7.10. The van der Waals surface area contributed by atoms with Crippen molar-refractivity contribution in [3.63, 3.8) is 0 Å². The standard InChI is InChI=1S/C21H15ClN4O/c1-27-20-11-16(22)7-6-15(20)13-26-19-5-3-2-4-17(19)25-21(26)18-10-14(12-23)8-9-24-18/h2-11H,13H2,1H3. The molecule has 0 saturated carbocycles. The van der Waals surface area contributed by atoms with Crippen molar-refractivity contribution >= 4 is 22.6 Å². The molecule has 0 spiro atoms. The summed E-state index contributed by atoms with van der Waals surface area (Å²) in [5, 5.41) is 9.83. The zero-order valence-electron chi connectivity index (χ0n) is 14.6. The van der Waals surface area contributed by atoms with E-state index in [4.69, 9.17) is 21.3 Å². The van der Waals surface area contributed by atoms with Crippen LogP contribution in [0.1, 0.15) is 11.1 Å². The molecule has 0 aliphatic rings. The first kappa shape index (κ1) is 17.1. The van der Waals surface area contributed by atoms with Crippen molar-refractivity contribution < 1.29 is 4.74 Å². The van der Waals surface area contributed by atoms with Gasteiger partial charge in [-0.3, -0.25) is 4.98 Å². The highest BCUT2D eigenvalue weighted by atomic mass is 35.5. The highest BCUT2D eigenvalue weighted by Gasteiger charge is 2.16. The van der Waals surface area contributed by atoms with Gasteiger partial charge in [0.1, 0.15) is 11.4 Å². The third kappa shape index (κ3) is 3.23. The predicted octanol–water partition coefficient (Wildman–Crippen LogP) is 4.68. The zero-order chi connectivity index (χ0) is 18.8. The van der Waals surface area contributed by atoms with Gasteiger partial charge < -0.3 is 9.30 Å². The van der Waals surface area contributed by atoms with Gasteiger partial charge in [-0.25, -0.2) is 4.98 Å². The van der Waals surface area contributed by atoms with Crippen LogP contribution in [-0.4, -0.2) is 21.6 Å². The summed E-state index contributed by atoms with van der Waals surface area (Å²) in [5.74, 6) is 1.41. The number of pyridine rings is 1. The van der Waals surface area contributed by atoms with Gasteiger partial charge in [-0.05, 0) is 36.4 Å². The molecule has 0 fully saturated rings. The molecule has 0 aliphatic carbocycles. The number of nitriles is 1. The van der Waals surface area contributed by atoms with Crippen LogP contribution < -0.4 is 4.74 Å². The molecule has 2 heterocycles. The molecule has 0 N–H and O–H groups in total. The maximum atomic E-state index is 9.21. The Hall–Kier alpha value is -3.36. The van der Waals surface area contributed by atoms with Crippen LogP contribution in [0.3, 0.4) is 0 Å². The lowest BCUT2D eigenvalue weighted by Gasteiger charge is -2.13. The number of halogens is 1. The molecule has 0 amide bonds. The third-order valence-electron chi connectivity index (χ3n) is 4.35. The van der Waals surface area contributed by atoms with Crippen LogP contribution in [0, 0.1) is 11.3 Å². The SMILES string of the molecule is COc1cc(Cl)ccc1Cn1c(-c2cc(C#N)ccn2)nc2ccccc21. The summed E-state index contributed by atoms with van der Waals surface area (Å²) in [6.45, 7) is 0.536. The summed E-state index contributed by atoms with van der Waals surface area (Å²) in [5.41, 5.74) is 4.02. The van der Waals surface area contributed by atoms with Crippen molar-refractivity contribution in [3.05, 3.63) is 76.9 Å². The van der Waals surface area contributed by atoms with Crippen LogP contribution in [0.25, 0.3) is 22.6 Å². The number of rotatable bonds is 4. The van der Waals surface area contributed by atoms with E-state index in [1.54, 1.807) is 31.5 Å². The molecule has 0 radical (unpaired) electrons. The minimum Gasteiger partial charge on any atom is -0.496 e. The summed E-state index contributed by atoms with van der Waals surface area (Å²) >= 11 is 6.09. The van der Waals surface area contributed by atoms with E-state index in [-0.39, 0.29) is 0 Å². The van der Waals surface area contributed by atoms with Crippen molar-refractivity contribution in [1.29, 1.82) is 5.26 Å². The minimum absolute atomic E-state index is 0.536. The molecule has 132 valence electrons. The highest BCUT2D eigenvalue weighted by molar-refractivity contribution is 6.30. The second-order valence-electron chi connectivity index (χ2n) is 6.01. The van der Waals surface area contributed by atoms with E-state index in [2.05, 4.69) is 15.6 Å². The Kier molecular flexibility index (Phi) is 4.49. The first-order valence-corrected chi connectivity index (χ1v) is 8.71. The lowest BCUT2D eigenvalue weighted by Crippen LogP contribution is -2.05. The van der Waals surface area contributed by atoms with Crippen molar-refractivity contribution in [2.24, 2.45) is 0 Å². The number of fused-ring (bicyclic) bond motifs is 1. The largest absolute Gasteiger partial charge is 0.496 e. The smallest absolute Gasteiger partial charge is 0.160 e. The van der Waals surface area contributed by atoms with Gasteiger partial charge in [-0.1, -0.05) is 29.8 Å². The van der Waals surface area contributed by atoms with Crippen LogP contribution in [-0.2, 0) is 6.54 Å². The molecule has 4 rings (SSSR count). The second-order valence-corrected chi connectivity index (χ2v) is 6.44. The van der Waals surface area contributed by atoms with E-state index in [0.717, 1.165) is 16.6 Å². The zero-order valence-corrected chi connectivity index (χ0v) is 15.3. The summed E-state index contributed by atoms with van der Waals surface area (Å²) in [6.07, 6.45) is 1.63. The fourth-order valence-corrected chi connectivity index (χ4v) is 3.23. The van der Waals surface area contributed by atoms with Crippen molar-refractivity contribution in [2.75, 3.05) is 7.11 Å². The van der Waals surface area contributed by atoms with Gasteiger partial charge in [0, 0.05) is 16.8 Å². The van der Waals surface area contributed by atoms with E-state index in [1.165, 1.54) is 0 Å². The molecule has 27 heavy (non-hydrogen) atoms. The molecular weight excluding hydrogens is 360 g/mol. The van der Waals surface area contributed by atoms with Crippen molar-refractivity contribution in [3.8, 4) is 23.3 Å². The van der Waals surface area contributed by atoms with Gasteiger partial charge in [-0.15, -0.1) is 0 Å². The van der Waals surface area contributed by atoms with E-state index in [0.29, 0.717) is 34.4 Å². The molecule has 2 aromatic heterocycles. The normalized spacial score (nSPS) is 10.7. The number of para-hydroxylation sites is 2. The Morgan fingerprint density at radius 1 is 1.15 bits per heavy atom. The summed E-state index contributed by atoms with van der Waals surface area (Å²) in [7, 11) is 1.63. The number of methoxy groups -OCH3 is 1. The maximum Gasteiger partial charge on any atom is 0.160 e. The Bertz CT molecular complexity index is 1180. The Balaban J connectivity index is 1.90. The van der Waals surface area contributed by atoms with Gasteiger partial charge in [0.05, 0.1) is 36.3 Å². The molecule has 0 aliphatic heterocycles. The van der Waals surface area contributed by atoms with Crippen LogP contribution in [0.2, 0.25) is 5.02 Å². The number of benzene rings is 2. The van der Waals surface area contributed by atoms with Crippen molar-refractivity contribution in [2.45, 2.75) is 6.54 Å². The number of ether oxygens (including phenoxy) is 1.